The van der Waals surface area contributed by atoms with E-state index in [2.05, 4.69) is 0 Å². The Morgan fingerprint density at radius 1 is 1.21 bits per heavy atom. The van der Waals surface area contributed by atoms with E-state index >= 15 is 0 Å². The first-order valence-electron chi connectivity index (χ1n) is 11.2. The molecule has 2 heterocycles. The lowest BCUT2D eigenvalue weighted by Gasteiger charge is -2.33. The largest absolute Gasteiger partial charge is 0.447 e. The van der Waals surface area contributed by atoms with Crippen LogP contribution in [0.15, 0.2) is 42.5 Å². The molecule has 184 valence electrons. The van der Waals surface area contributed by atoms with Gasteiger partial charge in [-0.05, 0) is 58.7 Å². The van der Waals surface area contributed by atoms with Gasteiger partial charge in [0.25, 0.3) is 0 Å². The summed E-state index contributed by atoms with van der Waals surface area (Å²) < 4.78 is 11.4. The van der Waals surface area contributed by atoms with Crippen LogP contribution in [0.4, 0.5) is 9.59 Å². The first-order valence-corrected chi connectivity index (χ1v) is 12.4. The van der Waals surface area contributed by atoms with Gasteiger partial charge in [0.2, 0.25) is 5.91 Å². The SMILES string of the molecule is CC(C)N(C[C@@H](C(=O)N1C(=O)OC[C@H]1Cc1ccccc1)c1ccc(Cl)s1)C(=O)OC(C)(C)C. The number of ether oxygens (including phenoxy) is 2. The van der Waals surface area contributed by atoms with Crippen molar-refractivity contribution in [2.24, 2.45) is 0 Å². The van der Waals surface area contributed by atoms with Crippen molar-refractivity contribution in [1.82, 2.24) is 9.80 Å². The van der Waals surface area contributed by atoms with Crippen molar-refractivity contribution in [2.75, 3.05) is 13.2 Å². The molecular weight excluding hydrogens is 476 g/mol. The first kappa shape index (κ1) is 26.0. The van der Waals surface area contributed by atoms with Crippen molar-refractivity contribution in [3.8, 4) is 0 Å². The highest BCUT2D eigenvalue weighted by Crippen LogP contribution is 2.33. The number of carbonyl (C=O) groups excluding carboxylic acids is 3. The van der Waals surface area contributed by atoms with Gasteiger partial charge in [0.1, 0.15) is 12.2 Å². The van der Waals surface area contributed by atoms with E-state index in [0.29, 0.717) is 15.6 Å². The minimum absolute atomic E-state index is 0.0457. The molecular formula is C25H31ClN2O5S. The highest BCUT2D eigenvalue weighted by atomic mass is 35.5. The molecule has 0 N–H and O–H groups in total. The van der Waals surface area contributed by atoms with Gasteiger partial charge in [0, 0.05) is 17.5 Å². The van der Waals surface area contributed by atoms with E-state index in [1.54, 1.807) is 32.9 Å². The summed E-state index contributed by atoms with van der Waals surface area (Å²) in [6, 6.07) is 12.4. The zero-order valence-corrected chi connectivity index (χ0v) is 21.7. The van der Waals surface area contributed by atoms with Crippen LogP contribution < -0.4 is 0 Å². The third-order valence-electron chi connectivity index (χ3n) is 5.38. The molecule has 9 heteroatoms. The summed E-state index contributed by atoms with van der Waals surface area (Å²) in [6.45, 7) is 9.25. The van der Waals surface area contributed by atoms with Crippen molar-refractivity contribution in [3.63, 3.8) is 0 Å². The van der Waals surface area contributed by atoms with E-state index in [9.17, 15) is 14.4 Å². The number of amides is 3. The molecule has 7 nitrogen and oxygen atoms in total. The predicted octanol–water partition coefficient (Wildman–Crippen LogP) is 5.72. The van der Waals surface area contributed by atoms with Gasteiger partial charge in [0.05, 0.1) is 16.3 Å². The summed E-state index contributed by atoms with van der Waals surface area (Å²) in [6.07, 6.45) is -0.712. The second-order valence-corrected chi connectivity index (χ2v) is 11.3. The van der Waals surface area contributed by atoms with Crippen LogP contribution in [0.1, 0.15) is 51.0 Å². The lowest BCUT2D eigenvalue weighted by atomic mass is 10.0. The van der Waals surface area contributed by atoms with Gasteiger partial charge in [0.15, 0.2) is 0 Å². The average molecular weight is 507 g/mol. The van der Waals surface area contributed by atoms with Gasteiger partial charge in [-0.3, -0.25) is 4.79 Å². The highest BCUT2D eigenvalue weighted by molar-refractivity contribution is 7.16. The molecule has 0 spiro atoms. The Morgan fingerprint density at radius 3 is 2.44 bits per heavy atom. The predicted molar refractivity (Wildman–Crippen MR) is 132 cm³/mol. The van der Waals surface area contributed by atoms with Crippen LogP contribution in [0.25, 0.3) is 0 Å². The minimum atomic E-state index is -0.795. The molecule has 2 aromatic rings. The molecule has 34 heavy (non-hydrogen) atoms. The highest BCUT2D eigenvalue weighted by Gasteiger charge is 2.43. The van der Waals surface area contributed by atoms with Crippen LogP contribution in [0.2, 0.25) is 4.34 Å². The van der Waals surface area contributed by atoms with Crippen LogP contribution in [0.3, 0.4) is 0 Å². The number of nitrogens with zero attached hydrogens (tertiary/aromatic N) is 2. The van der Waals surface area contributed by atoms with Crippen molar-refractivity contribution in [2.45, 2.75) is 64.6 Å². The van der Waals surface area contributed by atoms with Crippen molar-refractivity contribution >= 4 is 41.0 Å². The number of cyclic esters (lactones) is 1. The smallest absolute Gasteiger partial charge is 0.417 e. The van der Waals surface area contributed by atoms with Gasteiger partial charge in [-0.1, -0.05) is 41.9 Å². The van der Waals surface area contributed by atoms with Gasteiger partial charge >= 0.3 is 12.2 Å². The van der Waals surface area contributed by atoms with Crippen LogP contribution in [0, 0.1) is 0 Å². The number of carbonyl (C=O) groups is 3. The summed E-state index contributed by atoms with van der Waals surface area (Å²) in [5.74, 6) is -1.22. The third kappa shape index (κ3) is 6.51. The second kappa shape index (κ2) is 10.8. The van der Waals surface area contributed by atoms with E-state index in [1.165, 1.54) is 21.1 Å². The van der Waals surface area contributed by atoms with Crippen molar-refractivity contribution in [3.05, 3.63) is 57.2 Å². The van der Waals surface area contributed by atoms with Gasteiger partial charge in [-0.2, -0.15) is 0 Å². The van der Waals surface area contributed by atoms with E-state index in [4.69, 9.17) is 21.1 Å². The zero-order valence-electron chi connectivity index (χ0n) is 20.1. The summed E-state index contributed by atoms with van der Waals surface area (Å²) in [4.78, 5) is 42.8. The maximum Gasteiger partial charge on any atom is 0.417 e. The van der Waals surface area contributed by atoms with Crippen LogP contribution in [-0.2, 0) is 20.7 Å². The lowest BCUT2D eigenvalue weighted by molar-refractivity contribution is -0.131. The Hall–Kier alpha value is -2.58. The summed E-state index contributed by atoms with van der Waals surface area (Å²) >= 11 is 7.43. The molecule has 1 aromatic heterocycles. The molecule has 3 amide bonds. The normalized spacial score (nSPS) is 17.0. The monoisotopic (exact) mass is 506 g/mol. The topological polar surface area (TPSA) is 76.2 Å². The minimum Gasteiger partial charge on any atom is -0.447 e. The number of thiophene rings is 1. The van der Waals surface area contributed by atoms with Gasteiger partial charge < -0.3 is 14.4 Å². The molecule has 0 saturated carbocycles. The molecule has 2 atom stereocenters. The number of imide groups is 1. The Bertz CT molecular complexity index is 1020. The molecule has 3 rings (SSSR count). The fourth-order valence-electron chi connectivity index (χ4n) is 3.75. The Labute approximate surface area is 209 Å². The number of hydrogen-bond donors (Lipinski definition) is 0. The summed E-state index contributed by atoms with van der Waals surface area (Å²) in [7, 11) is 0. The van der Waals surface area contributed by atoms with Crippen LogP contribution in [-0.4, -0.2) is 58.7 Å². The third-order valence-corrected chi connectivity index (χ3v) is 6.72. The summed E-state index contributed by atoms with van der Waals surface area (Å²) in [5.41, 5.74) is 0.312. The molecule has 0 aliphatic carbocycles. The number of halogens is 1. The molecule has 1 saturated heterocycles. The Balaban J connectivity index is 1.90. The molecule has 1 fully saturated rings. The lowest BCUT2D eigenvalue weighted by Crippen LogP contribution is -2.48. The second-order valence-electron chi connectivity index (χ2n) is 9.55. The van der Waals surface area contributed by atoms with E-state index in [-0.39, 0.29) is 19.2 Å². The zero-order chi connectivity index (χ0) is 25.0. The molecule has 1 aromatic carbocycles. The molecule has 1 aliphatic rings. The van der Waals surface area contributed by atoms with E-state index < -0.39 is 35.7 Å². The molecule has 0 bridgehead atoms. The standard InChI is InChI=1S/C25H31ClN2O5S/c1-16(2)27(23(30)33-25(3,4)5)14-19(20-11-12-21(26)34-20)22(29)28-18(15-32-24(28)31)13-17-9-7-6-8-10-17/h6-12,16,18-19H,13-15H2,1-5H3/t18-,19-/m1/s1. The van der Waals surface area contributed by atoms with Gasteiger partial charge in [-0.25, -0.2) is 14.5 Å². The van der Waals surface area contributed by atoms with Gasteiger partial charge in [-0.15, -0.1) is 11.3 Å². The first-order chi connectivity index (χ1) is 16.0. The quantitative estimate of drug-likeness (QED) is 0.480. The average Bonchev–Trinajstić information content (AvgIpc) is 3.32. The van der Waals surface area contributed by atoms with Crippen molar-refractivity contribution in [1.29, 1.82) is 0 Å². The molecule has 0 unspecified atom stereocenters. The fraction of sp³-hybridized carbons (Fsp3) is 0.480. The number of rotatable bonds is 7. The molecule has 0 radical (unpaired) electrons. The maximum atomic E-state index is 13.8. The van der Waals surface area contributed by atoms with E-state index in [1.807, 2.05) is 44.2 Å². The maximum absolute atomic E-state index is 13.8. The fourth-order valence-corrected chi connectivity index (χ4v) is 4.90. The Morgan fingerprint density at radius 2 is 1.88 bits per heavy atom. The van der Waals surface area contributed by atoms with Crippen molar-refractivity contribution < 1.29 is 23.9 Å². The number of hydrogen-bond acceptors (Lipinski definition) is 6. The summed E-state index contributed by atoms with van der Waals surface area (Å²) in [5, 5.41) is 0. The van der Waals surface area contributed by atoms with Crippen LogP contribution in [0.5, 0.6) is 0 Å². The van der Waals surface area contributed by atoms with Crippen LogP contribution >= 0.6 is 22.9 Å². The number of benzene rings is 1. The Kier molecular flexibility index (Phi) is 8.25. The molecule has 1 aliphatic heterocycles. The van der Waals surface area contributed by atoms with E-state index in [0.717, 1.165) is 5.56 Å².